The van der Waals surface area contributed by atoms with Crippen LogP contribution in [0.3, 0.4) is 0 Å². The monoisotopic (exact) mass is 236 g/mol. The van der Waals surface area contributed by atoms with Gasteiger partial charge in [-0.05, 0) is 37.0 Å². The van der Waals surface area contributed by atoms with Gasteiger partial charge in [0.2, 0.25) is 0 Å². The van der Waals surface area contributed by atoms with Gasteiger partial charge in [-0.3, -0.25) is 4.79 Å². The molecule has 2 nitrogen and oxygen atoms in total. The number of carbonyl (C=O) groups excluding carboxylic acids is 1. The SMILES string of the molecule is C=C1CCCC(C)(C)[C@H]1C[C@H]1OC(=O)C[C@@H]1C. The zero-order chi connectivity index (χ0) is 12.6. The van der Waals surface area contributed by atoms with Gasteiger partial charge in [-0.15, -0.1) is 0 Å². The predicted octanol–water partition coefficient (Wildman–Crippen LogP) is 3.71. The largest absolute Gasteiger partial charge is 0.462 e. The Morgan fingerprint density at radius 2 is 2.18 bits per heavy atom. The molecule has 0 aromatic heterocycles. The van der Waals surface area contributed by atoms with E-state index < -0.39 is 0 Å². The summed E-state index contributed by atoms with van der Waals surface area (Å²) in [5.74, 6) is 0.851. The van der Waals surface area contributed by atoms with E-state index in [9.17, 15) is 4.79 Å². The Hall–Kier alpha value is -0.790. The minimum absolute atomic E-state index is 0.0262. The molecule has 1 saturated heterocycles. The highest BCUT2D eigenvalue weighted by Gasteiger charge is 2.40. The summed E-state index contributed by atoms with van der Waals surface area (Å²) < 4.78 is 5.44. The highest BCUT2D eigenvalue weighted by Crippen LogP contribution is 2.46. The molecule has 1 aliphatic carbocycles. The lowest BCUT2D eigenvalue weighted by atomic mass is 9.64. The summed E-state index contributed by atoms with van der Waals surface area (Å²) in [4.78, 5) is 11.3. The van der Waals surface area contributed by atoms with Gasteiger partial charge in [0.05, 0.1) is 6.42 Å². The van der Waals surface area contributed by atoms with E-state index in [4.69, 9.17) is 4.74 Å². The van der Waals surface area contributed by atoms with Gasteiger partial charge in [-0.1, -0.05) is 32.9 Å². The Labute approximate surface area is 104 Å². The third kappa shape index (κ3) is 2.56. The lowest BCUT2D eigenvalue weighted by Gasteiger charge is -2.41. The van der Waals surface area contributed by atoms with Crippen molar-refractivity contribution in [2.24, 2.45) is 17.3 Å². The highest BCUT2D eigenvalue weighted by molar-refractivity contribution is 5.72. The van der Waals surface area contributed by atoms with Crippen LogP contribution in [0.25, 0.3) is 0 Å². The summed E-state index contributed by atoms with van der Waals surface area (Å²) in [6.07, 6.45) is 5.32. The standard InChI is InChI=1S/C15H24O2/c1-10-6-5-7-15(3,4)12(10)9-13-11(2)8-14(16)17-13/h11-13H,1,5-9H2,2-4H3/t11-,12-,13+/m0/s1. The van der Waals surface area contributed by atoms with Crippen LogP contribution in [0, 0.1) is 17.3 Å². The van der Waals surface area contributed by atoms with Gasteiger partial charge in [0.25, 0.3) is 0 Å². The summed E-state index contributed by atoms with van der Waals surface area (Å²) in [5.41, 5.74) is 1.67. The number of allylic oxidation sites excluding steroid dienone is 1. The van der Waals surface area contributed by atoms with Crippen LogP contribution in [0.2, 0.25) is 0 Å². The first-order valence-corrected chi connectivity index (χ1v) is 6.77. The van der Waals surface area contributed by atoms with Crippen molar-refractivity contribution in [3.63, 3.8) is 0 Å². The van der Waals surface area contributed by atoms with Gasteiger partial charge in [-0.2, -0.15) is 0 Å². The maximum absolute atomic E-state index is 11.3. The number of carbonyl (C=O) groups is 1. The fourth-order valence-electron chi connectivity index (χ4n) is 3.40. The van der Waals surface area contributed by atoms with Crippen LogP contribution in [-0.4, -0.2) is 12.1 Å². The Kier molecular flexibility index (Phi) is 3.33. The van der Waals surface area contributed by atoms with Crippen LogP contribution in [0.1, 0.15) is 52.9 Å². The van der Waals surface area contributed by atoms with Crippen molar-refractivity contribution in [1.29, 1.82) is 0 Å². The molecule has 1 aliphatic heterocycles. The van der Waals surface area contributed by atoms with Crippen LogP contribution in [-0.2, 0) is 9.53 Å². The smallest absolute Gasteiger partial charge is 0.306 e. The van der Waals surface area contributed by atoms with Crippen molar-refractivity contribution in [1.82, 2.24) is 0 Å². The molecule has 3 atom stereocenters. The molecule has 1 saturated carbocycles. The van der Waals surface area contributed by atoms with E-state index in [1.165, 1.54) is 18.4 Å². The molecule has 17 heavy (non-hydrogen) atoms. The molecule has 2 heteroatoms. The third-order valence-electron chi connectivity index (χ3n) is 4.63. The molecule has 0 unspecified atom stereocenters. The van der Waals surface area contributed by atoms with Gasteiger partial charge in [0, 0.05) is 5.92 Å². The van der Waals surface area contributed by atoms with Crippen molar-refractivity contribution < 1.29 is 9.53 Å². The molecule has 0 spiro atoms. The van der Waals surface area contributed by atoms with Crippen molar-refractivity contribution in [2.45, 2.75) is 59.0 Å². The van der Waals surface area contributed by atoms with Gasteiger partial charge in [-0.25, -0.2) is 0 Å². The second kappa shape index (κ2) is 4.47. The van der Waals surface area contributed by atoms with E-state index in [1.54, 1.807) is 0 Å². The molecule has 0 bridgehead atoms. The number of rotatable bonds is 2. The molecule has 2 fully saturated rings. The molecule has 0 aromatic carbocycles. The van der Waals surface area contributed by atoms with Crippen LogP contribution in [0.15, 0.2) is 12.2 Å². The van der Waals surface area contributed by atoms with Crippen molar-refractivity contribution in [3.8, 4) is 0 Å². The number of ether oxygens (including phenoxy) is 1. The summed E-state index contributed by atoms with van der Waals surface area (Å²) in [6, 6.07) is 0. The first-order chi connectivity index (χ1) is 7.90. The maximum atomic E-state index is 11.3. The molecule has 96 valence electrons. The van der Waals surface area contributed by atoms with Crippen molar-refractivity contribution >= 4 is 5.97 Å². The maximum Gasteiger partial charge on any atom is 0.306 e. The fraction of sp³-hybridized carbons (Fsp3) is 0.800. The molecular weight excluding hydrogens is 212 g/mol. The van der Waals surface area contributed by atoms with E-state index in [0.29, 0.717) is 23.7 Å². The fourth-order valence-corrected chi connectivity index (χ4v) is 3.40. The molecule has 0 aromatic rings. The number of esters is 1. The van der Waals surface area contributed by atoms with E-state index >= 15 is 0 Å². The second-order valence-electron chi connectivity index (χ2n) is 6.50. The first kappa shape index (κ1) is 12.7. The first-order valence-electron chi connectivity index (χ1n) is 6.77. The van der Waals surface area contributed by atoms with Crippen LogP contribution in [0.4, 0.5) is 0 Å². The average Bonchev–Trinajstić information content (AvgIpc) is 2.51. The molecule has 0 N–H and O–H groups in total. The minimum Gasteiger partial charge on any atom is -0.462 e. The minimum atomic E-state index is -0.0262. The highest BCUT2D eigenvalue weighted by atomic mass is 16.5. The Balaban J connectivity index is 2.06. The van der Waals surface area contributed by atoms with E-state index in [-0.39, 0.29) is 12.1 Å². The average molecular weight is 236 g/mol. The lowest BCUT2D eigenvalue weighted by Crippen LogP contribution is -2.33. The van der Waals surface area contributed by atoms with Gasteiger partial charge in [0.15, 0.2) is 0 Å². The van der Waals surface area contributed by atoms with E-state index in [2.05, 4.69) is 27.4 Å². The topological polar surface area (TPSA) is 26.3 Å². The zero-order valence-electron chi connectivity index (χ0n) is 11.3. The molecule has 0 radical (unpaired) electrons. The van der Waals surface area contributed by atoms with Gasteiger partial charge >= 0.3 is 5.97 Å². The predicted molar refractivity (Wildman–Crippen MR) is 68.5 cm³/mol. The normalized spacial score (nSPS) is 37.0. The molecule has 1 heterocycles. The summed E-state index contributed by atoms with van der Waals surface area (Å²) in [5, 5.41) is 0. The summed E-state index contributed by atoms with van der Waals surface area (Å²) >= 11 is 0. The van der Waals surface area contributed by atoms with E-state index in [0.717, 1.165) is 12.8 Å². The Morgan fingerprint density at radius 1 is 1.47 bits per heavy atom. The van der Waals surface area contributed by atoms with E-state index in [1.807, 2.05) is 0 Å². The molecule has 2 rings (SSSR count). The summed E-state index contributed by atoms with van der Waals surface area (Å²) in [7, 11) is 0. The Morgan fingerprint density at radius 3 is 2.71 bits per heavy atom. The van der Waals surface area contributed by atoms with Gasteiger partial charge in [0.1, 0.15) is 6.10 Å². The zero-order valence-corrected chi connectivity index (χ0v) is 11.3. The van der Waals surface area contributed by atoms with Crippen molar-refractivity contribution in [2.75, 3.05) is 0 Å². The lowest BCUT2D eigenvalue weighted by molar-refractivity contribution is -0.142. The van der Waals surface area contributed by atoms with Gasteiger partial charge < -0.3 is 4.74 Å². The van der Waals surface area contributed by atoms with Crippen LogP contribution in [0.5, 0.6) is 0 Å². The van der Waals surface area contributed by atoms with Crippen LogP contribution >= 0.6 is 0 Å². The number of hydrogen-bond acceptors (Lipinski definition) is 2. The quantitative estimate of drug-likeness (QED) is 0.539. The molecule has 0 amide bonds. The molecular formula is C15H24O2. The third-order valence-corrected chi connectivity index (χ3v) is 4.63. The molecule has 2 aliphatic rings. The Bertz CT molecular complexity index is 330. The summed E-state index contributed by atoms with van der Waals surface area (Å²) in [6.45, 7) is 11.0. The van der Waals surface area contributed by atoms with Crippen LogP contribution < -0.4 is 0 Å². The van der Waals surface area contributed by atoms with Crippen molar-refractivity contribution in [3.05, 3.63) is 12.2 Å². The number of hydrogen-bond donors (Lipinski definition) is 0. The number of cyclic esters (lactones) is 1. The second-order valence-corrected chi connectivity index (χ2v) is 6.50.